The monoisotopic (exact) mass is 346 g/mol. The molecule has 0 radical (unpaired) electrons. The van der Waals surface area contributed by atoms with Crippen LogP contribution in [-0.2, 0) is 11.2 Å². The number of benzene rings is 1. The van der Waals surface area contributed by atoms with E-state index in [9.17, 15) is 4.79 Å². The summed E-state index contributed by atoms with van der Waals surface area (Å²) in [5.41, 5.74) is 1.12. The fourth-order valence-corrected chi connectivity index (χ4v) is 3.20. The summed E-state index contributed by atoms with van der Waals surface area (Å²) in [4.78, 5) is 21.5. The maximum Gasteiger partial charge on any atom is 0.248 e. The van der Waals surface area contributed by atoms with Crippen molar-refractivity contribution in [2.24, 2.45) is 0 Å². The third-order valence-electron chi connectivity index (χ3n) is 3.40. The van der Waals surface area contributed by atoms with Crippen molar-refractivity contribution < 1.29 is 4.79 Å². The number of carbonyl (C=O) groups excluding carboxylic acids is 1. The van der Waals surface area contributed by atoms with Crippen LogP contribution in [0.1, 0.15) is 23.4 Å². The first-order valence-corrected chi connectivity index (χ1v) is 8.29. The van der Waals surface area contributed by atoms with Crippen LogP contribution in [0.5, 0.6) is 0 Å². The van der Waals surface area contributed by atoms with E-state index in [0.717, 1.165) is 21.9 Å². The molecule has 0 aliphatic rings. The van der Waals surface area contributed by atoms with Crippen molar-refractivity contribution in [2.75, 3.05) is 5.32 Å². The average molecular weight is 347 g/mol. The van der Waals surface area contributed by atoms with E-state index < -0.39 is 0 Å². The summed E-state index contributed by atoms with van der Waals surface area (Å²) in [6, 6.07) is 7.39. The molecule has 3 rings (SSSR count). The van der Waals surface area contributed by atoms with Crippen molar-refractivity contribution in [1.82, 2.24) is 14.5 Å². The van der Waals surface area contributed by atoms with Gasteiger partial charge < -0.3 is 9.88 Å². The van der Waals surface area contributed by atoms with Gasteiger partial charge in [-0.05, 0) is 24.6 Å². The number of imidazole rings is 1. The molecule has 1 aromatic carbocycles. The highest BCUT2D eigenvalue weighted by atomic mass is 35.5. The van der Waals surface area contributed by atoms with E-state index in [4.69, 9.17) is 11.6 Å². The number of thiazole rings is 1. The molecule has 0 aliphatic carbocycles. The lowest BCUT2D eigenvalue weighted by Crippen LogP contribution is -2.22. The number of halogens is 1. The van der Waals surface area contributed by atoms with Gasteiger partial charge in [-0.2, -0.15) is 0 Å². The van der Waals surface area contributed by atoms with Crippen LogP contribution in [0, 0.1) is 0 Å². The van der Waals surface area contributed by atoms with Crippen molar-refractivity contribution in [2.45, 2.75) is 19.4 Å². The molecule has 0 saturated carbocycles. The predicted octanol–water partition coefficient (Wildman–Crippen LogP) is 3.78. The number of amides is 1. The van der Waals surface area contributed by atoms with E-state index in [2.05, 4.69) is 15.3 Å². The van der Waals surface area contributed by atoms with Crippen LogP contribution in [0.25, 0.3) is 0 Å². The molecule has 0 bridgehead atoms. The van der Waals surface area contributed by atoms with E-state index >= 15 is 0 Å². The molecular formula is C16H15ClN4OS. The van der Waals surface area contributed by atoms with Gasteiger partial charge in [0.15, 0.2) is 5.13 Å². The van der Waals surface area contributed by atoms with Crippen LogP contribution in [-0.4, -0.2) is 20.4 Å². The van der Waals surface area contributed by atoms with E-state index in [1.54, 1.807) is 29.5 Å². The molecule has 3 aromatic rings. The second-order valence-electron chi connectivity index (χ2n) is 5.11. The molecule has 1 atom stereocenters. The van der Waals surface area contributed by atoms with E-state index in [1.165, 1.54) is 11.3 Å². The van der Waals surface area contributed by atoms with Crippen molar-refractivity contribution in [3.05, 3.63) is 64.6 Å². The van der Waals surface area contributed by atoms with Crippen LogP contribution in [0.15, 0.2) is 49.2 Å². The van der Waals surface area contributed by atoms with E-state index in [1.807, 2.05) is 31.2 Å². The Morgan fingerprint density at radius 2 is 2.35 bits per heavy atom. The standard InChI is InChI=1S/C16H15ClN4OS/c1-11(21-6-5-18-10-21)15(22)20-16-19-9-14(23-16)8-12-3-2-4-13(17)7-12/h2-7,9-11H,8H2,1H3,(H,19,20,22)/t11-/m0/s1. The summed E-state index contributed by atoms with van der Waals surface area (Å²) >= 11 is 7.46. The van der Waals surface area contributed by atoms with Gasteiger partial charge in [-0.3, -0.25) is 4.79 Å². The highest BCUT2D eigenvalue weighted by Gasteiger charge is 2.15. The number of carbonyl (C=O) groups is 1. The number of anilines is 1. The minimum absolute atomic E-state index is 0.119. The fourth-order valence-electron chi connectivity index (χ4n) is 2.14. The van der Waals surface area contributed by atoms with Gasteiger partial charge in [-0.25, -0.2) is 9.97 Å². The van der Waals surface area contributed by atoms with Crippen molar-refractivity contribution in [3.63, 3.8) is 0 Å². The number of rotatable bonds is 5. The van der Waals surface area contributed by atoms with Crippen LogP contribution in [0.2, 0.25) is 5.02 Å². The SMILES string of the molecule is C[C@@H](C(=O)Nc1ncc(Cc2cccc(Cl)c2)s1)n1ccnc1. The van der Waals surface area contributed by atoms with Crippen LogP contribution < -0.4 is 5.32 Å². The summed E-state index contributed by atoms with van der Waals surface area (Å²) in [6.07, 6.45) is 7.55. The quantitative estimate of drug-likeness (QED) is 0.764. The molecule has 0 unspecified atom stereocenters. The summed E-state index contributed by atoms with van der Waals surface area (Å²) < 4.78 is 1.75. The van der Waals surface area contributed by atoms with Gasteiger partial charge in [0.1, 0.15) is 6.04 Å². The zero-order valence-corrected chi connectivity index (χ0v) is 14.0. The Bertz CT molecular complexity index is 800. The molecule has 1 amide bonds. The third kappa shape index (κ3) is 3.97. The molecule has 1 N–H and O–H groups in total. The van der Waals surface area contributed by atoms with Crippen LogP contribution in [0.3, 0.4) is 0 Å². The summed E-state index contributed by atoms with van der Waals surface area (Å²) in [6.45, 7) is 1.82. The Hall–Kier alpha value is -2.18. The lowest BCUT2D eigenvalue weighted by atomic mass is 10.1. The molecule has 0 spiro atoms. The van der Waals surface area contributed by atoms with Gasteiger partial charge in [-0.1, -0.05) is 23.7 Å². The predicted molar refractivity (Wildman–Crippen MR) is 91.9 cm³/mol. The number of nitrogens with one attached hydrogen (secondary N) is 1. The van der Waals surface area contributed by atoms with Gasteiger partial charge in [-0.15, -0.1) is 11.3 Å². The maximum absolute atomic E-state index is 12.2. The van der Waals surface area contributed by atoms with Crippen molar-refractivity contribution >= 4 is 34.0 Å². The van der Waals surface area contributed by atoms with Gasteiger partial charge in [0.05, 0.1) is 6.33 Å². The van der Waals surface area contributed by atoms with E-state index in [0.29, 0.717) is 5.13 Å². The zero-order valence-electron chi connectivity index (χ0n) is 12.4. The highest BCUT2D eigenvalue weighted by Crippen LogP contribution is 2.23. The molecule has 5 nitrogen and oxygen atoms in total. The molecular weight excluding hydrogens is 332 g/mol. The van der Waals surface area contributed by atoms with Crippen molar-refractivity contribution in [1.29, 1.82) is 0 Å². The Kier molecular flexibility index (Phi) is 4.73. The lowest BCUT2D eigenvalue weighted by molar-refractivity contribution is -0.118. The molecule has 118 valence electrons. The molecule has 0 fully saturated rings. The Morgan fingerprint density at radius 3 is 3.09 bits per heavy atom. The van der Waals surface area contributed by atoms with Crippen LogP contribution in [0.4, 0.5) is 5.13 Å². The van der Waals surface area contributed by atoms with E-state index in [-0.39, 0.29) is 11.9 Å². The molecule has 7 heteroatoms. The largest absolute Gasteiger partial charge is 0.325 e. The first-order chi connectivity index (χ1) is 11.1. The van der Waals surface area contributed by atoms with Crippen molar-refractivity contribution in [3.8, 4) is 0 Å². The Labute approximate surface area is 143 Å². The molecule has 2 heterocycles. The first kappa shape index (κ1) is 15.7. The molecule has 2 aromatic heterocycles. The van der Waals surface area contributed by atoms with Gasteiger partial charge in [0.25, 0.3) is 0 Å². The maximum atomic E-state index is 12.2. The third-order valence-corrected chi connectivity index (χ3v) is 4.55. The van der Waals surface area contributed by atoms with Gasteiger partial charge in [0, 0.05) is 34.9 Å². The average Bonchev–Trinajstić information content (AvgIpc) is 3.18. The zero-order chi connectivity index (χ0) is 16.2. The van der Waals surface area contributed by atoms with Crippen LogP contribution >= 0.6 is 22.9 Å². The van der Waals surface area contributed by atoms with Gasteiger partial charge in [0.2, 0.25) is 5.91 Å². The molecule has 0 aliphatic heterocycles. The Balaban J connectivity index is 1.64. The number of nitrogens with zero attached hydrogens (tertiary/aromatic N) is 3. The second kappa shape index (κ2) is 6.93. The minimum Gasteiger partial charge on any atom is -0.325 e. The first-order valence-electron chi connectivity index (χ1n) is 7.09. The molecule has 0 saturated heterocycles. The second-order valence-corrected chi connectivity index (χ2v) is 6.67. The summed E-state index contributed by atoms with van der Waals surface area (Å²) in [5, 5.41) is 4.15. The van der Waals surface area contributed by atoms with Gasteiger partial charge >= 0.3 is 0 Å². The lowest BCUT2D eigenvalue weighted by Gasteiger charge is -2.11. The highest BCUT2D eigenvalue weighted by molar-refractivity contribution is 7.15. The Morgan fingerprint density at radius 1 is 1.48 bits per heavy atom. The molecule has 23 heavy (non-hydrogen) atoms. The minimum atomic E-state index is -0.335. The number of aromatic nitrogens is 3. The smallest absolute Gasteiger partial charge is 0.248 e. The summed E-state index contributed by atoms with van der Waals surface area (Å²) in [5.74, 6) is -0.119. The fraction of sp³-hybridized carbons (Fsp3) is 0.188. The normalized spacial score (nSPS) is 12.1. The topological polar surface area (TPSA) is 59.8 Å². The number of hydrogen-bond donors (Lipinski definition) is 1. The number of hydrogen-bond acceptors (Lipinski definition) is 4. The summed E-state index contributed by atoms with van der Waals surface area (Å²) in [7, 11) is 0.